The normalized spacial score (nSPS) is 9.74. The Labute approximate surface area is 134 Å². The van der Waals surface area contributed by atoms with E-state index in [1.54, 1.807) is 30.3 Å². The lowest BCUT2D eigenvalue weighted by atomic mass is 10.1. The Morgan fingerprint density at radius 2 is 1.43 bits per heavy atom. The summed E-state index contributed by atoms with van der Waals surface area (Å²) in [5.74, 6) is -0.459. The molecular formula is C18H17N3O2. The van der Waals surface area contributed by atoms with Crippen LogP contribution in [0.3, 0.4) is 0 Å². The molecule has 2 amide bonds. The van der Waals surface area contributed by atoms with Gasteiger partial charge < -0.3 is 10.6 Å². The summed E-state index contributed by atoms with van der Waals surface area (Å²) in [5, 5.41) is 13.8. The van der Waals surface area contributed by atoms with Gasteiger partial charge in [0.25, 0.3) is 0 Å². The van der Waals surface area contributed by atoms with Crippen molar-refractivity contribution < 1.29 is 9.59 Å². The molecule has 5 nitrogen and oxygen atoms in total. The Hall–Kier alpha value is -3.13. The van der Waals surface area contributed by atoms with E-state index >= 15 is 0 Å². The Balaban J connectivity index is 1.90. The summed E-state index contributed by atoms with van der Waals surface area (Å²) in [7, 11) is 0. The fourth-order valence-corrected chi connectivity index (χ4v) is 2.01. The van der Waals surface area contributed by atoms with E-state index in [1.807, 2.05) is 31.2 Å². The van der Waals surface area contributed by atoms with Crippen LogP contribution in [-0.2, 0) is 16.0 Å². The van der Waals surface area contributed by atoms with Crippen LogP contribution in [0.1, 0.15) is 17.5 Å². The molecule has 0 atom stereocenters. The van der Waals surface area contributed by atoms with Gasteiger partial charge in [0.05, 0.1) is 12.5 Å². The van der Waals surface area contributed by atoms with Crippen molar-refractivity contribution >= 4 is 23.2 Å². The van der Waals surface area contributed by atoms with Crippen LogP contribution in [0.4, 0.5) is 11.4 Å². The fourth-order valence-electron chi connectivity index (χ4n) is 2.01. The van der Waals surface area contributed by atoms with Crippen LogP contribution in [0.5, 0.6) is 0 Å². The molecule has 116 valence electrons. The summed E-state index contributed by atoms with van der Waals surface area (Å²) in [5.41, 5.74) is 3.35. The number of rotatable bonds is 5. The van der Waals surface area contributed by atoms with Crippen molar-refractivity contribution in [1.29, 1.82) is 5.26 Å². The van der Waals surface area contributed by atoms with Crippen molar-refractivity contribution in [3.05, 3.63) is 59.7 Å². The SMILES string of the molecule is Cc1ccc(CC(=O)Nc2ccc(NC(=O)CC#N)cc2)cc1. The second-order valence-electron chi connectivity index (χ2n) is 5.17. The van der Waals surface area contributed by atoms with Gasteiger partial charge in [-0.25, -0.2) is 0 Å². The second-order valence-corrected chi connectivity index (χ2v) is 5.17. The molecule has 0 radical (unpaired) electrons. The third-order valence-corrected chi connectivity index (χ3v) is 3.18. The van der Waals surface area contributed by atoms with Crippen LogP contribution in [0.25, 0.3) is 0 Å². The molecule has 0 heterocycles. The minimum Gasteiger partial charge on any atom is -0.326 e. The number of hydrogen-bond donors (Lipinski definition) is 2. The maximum absolute atomic E-state index is 12.0. The molecule has 0 unspecified atom stereocenters. The summed E-state index contributed by atoms with van der Waals surface area (Å²) in [6.45, 7) is 2.00. The maximum Gasteiger partial charge on any atom is 0.238 e. The number of carbonyl (C=O) groups is 2. The number of aryl methyl sites for hydroxylation is 1. The van der Waals surface area contributed by atoms with Crippen molar-refractivity contribution in [2.75, 3.05) is 10.6 Å². The second kappa shape index (κ2) is 7.76. The molecule has 23 heavy (non-hydrogen) atoms. The summed E-state index contributed by atoms with van der Waals surface area (Å²) in [6, 6.07) is 16.4. The molecule has 0 aliphatic heterocycles. The van der Waals surface area contributed by atoms with Crippen molar-refractivity contribution in [2.24, 2.45) is 0 Å². The monoisotopic (exact) mass is 307 g/mol. The van der Waals surface area contributed by atoms with E-state index in [9.17, 15) is 9.59 Å². The average molecular weight is 307 g/mol. The Morgan fingerprint density at radius 3 is 1.96 bits per heavy atom. The van der Waals surface area contributed by atoms with Crippen molar-refractivity contribution in [2.45, 2.75) is 19.8 Å². The Morgan fingerprint density at radius 1 is 0.913 bits per heavy atom. The van der Waals surface area contributed by atoms with E-state index in [0.717, 1.165) is 11.1 Å². The first kappa shape index (κ1) is 16.2. The van der Waals surface area contributed by atoms with Crippen molar-refractivity contribution in [1.82, 2.24) is 0 Å². The van der Waals surface area contributed by atoms with Gasteiger partial charge in [0.1, 0.15) is 6.42 Å². The Kier molecular flexibility index (Phi) is 5.48. The number of carbonyl (C=O) groups excluding carboxylic acids is 2. The molecule has 0 fully saturated rings. The summed E-state index contributed by atoms with van der Waals surface area (Å²) >= 11 is 0. The highest BCUT2D eigenvalue weighted by atomic mass is 16.2. The van der Waals surface area contributed by atoms with Crippen LogP contribution in [0, 0.1) is 18.3 Å². The van der Waals surface area contributed by atoms with Gasteiger partial charge in [0, 0.05) is 11.4 Å². The molecule has 0 aliphatic rings. The van der Waals surface area contributed by atoms with E-state index in [1.165, 1.54) is 0 Å². The van der Waals surface area contributed by atoms with E-state index in [0.29, 0.717) is 17.8 Å². The highest BCUT2D eigenvalue weighted by Gasteiger charge is 2.05. The molecule has 5 heteroatoms. The average Bonchev–Trinajstić information content (AvgIpc) is 2.52. The predicted octanol–water partition coefficient (Wildman–Crippen LogP) is 3.03. The highest BCUT2D eigenvalue weighted by Crippen LogP contribution is 2.14. The smallest absolute Gasteiger partial charge is 0.238 e. The molecule has 0 spiro atoms. The standard InChI is InChI=1S/C18H17N3O2/c1-13-2-4-14(5-3-13)12-18(23)21-16-8-6-15(7-9-16)20-17(22)10-11-19/h2-9H,10,12H2,1H3,(H,20,22)(H,21,23). The molecule has 0 aromatic heterocycles. The van der Waals surface area contributed by atoms with Gasteiger partial charge in [0.2, 0.25) is 11.8 Å². The van der Waals surface area contributed by atoms with E-state index in [2.05, 4.69) is 10.6 Å². The predicted molar refractivity (Wildman–Crippen MR) is 88.8 cm³/mol. The van der Waals surface area contributed by atoms with E-state index in [-0.39, 0.29) is 18.2 Å². The molecule has 2 aromatic carbocycles. The van der Waals surface area contributed by atoms with Gasteiger partial charge in [-0.3, -0.25) is 9.59 Å². The van der Waals surface area contributed by atoms with Gasteiger partial charge >= 0.3 is 0 Å². The zero-order chi connectivity index (χ0) is 16.7. The van der Waals surface area contributed by atoms with Gasteiger partial charge in [-0.2, -0.15) is 5.26 Å². The molecule has 0 bridgehead atoms. The van der Waals surface area contributed by atoms with Crippen LogP contribution in [0.2, 0.25) is 0 Å². The molecular weight excluding hydrogens is 290 g/mol. The number of benzene rings is 2. The molecule has 2 aromatic rings. The van der Waals surface area contributed by atoms with E-state index < -0.39 is 0 Å². The van der Waals surface area contributed by atoms with Gasteiger partial charge in [0.15, 0.2) is 0 Å². The number of hydrogen-bond acceptors (Lipinski definition) is 3. The zero-order valence-electron chi connectivity index (χ0n) is 12.8. The highest BCUT2D eigenvalue weighted by molar-refractivity contribution is 5.94. The minimum absolute atomic E-state index is 0.102. The number of amides is 2. The summed E-state index contributed by atoms with van der Waals surface area (Å²) in [4.78, 5) is 23.3. The molecule has 2 rings (SSSR count). The molecule has 0 aliphatic carbocycles. The number of nitrogens with one attached hydrogen (secondary N) is 2. The van der Waals surface area contributed by atoms with Crippen LogP contribution in [0.15, 0.2) is 48.5 Å². The topological polar surface area (TPSA) is 82.0 Å². The molecule has 2 N–H and O–H groups in total. The van der Waals surface area contributed by atoms with E-state index in [4.69, 9.17) is 5.26 Å². The van der Waals surface area contributed by atoms with Crippen molar-refractivity contribution in [3.8, 4) is 6.07 Å². The third kappa shape index (κ3) is 5.29. The fraction of sp³-hybridized carbons (Fsp3) is 0.167. The number of anilines is 2. The largest absolute Gasteiger partial charge is 0.326 e. The third-order valence-electron chi connectivity index (χ3n) is 3.18. The van der Waals surface area contributed by atoms with Crippen LogP contribution < -0.4 is 10.6 Å². The molecule has 0 saturated heterocycles. The number of nitriles is 1. The van der Waals surface area contributed by atoms with Crippen LogP contribution in [-0.4, -0.2) is 11.8 Å². The minimum atomic E-state index is -0.358. The maximum atomic E-state index is 12.0. The number of nitrogens with zero attached hydrogens (tertiary/aromatic N) is 1. The first-order valence-corrected chi connectivity index (χ1v) is 7.19. The van der Waals surface area contributed by atoms with Crippen molar-refractivity contribution in [3.63, 3.8) is 0 Å². The van der Waals surface area contributed by atoms with Gasteiger partial charge in [-0.15, -0.1) is 0 Å². The zero-order valence-corrected chi connectivity index (χ0v) is 12.8. The lowest BCUT2D eigenvalue weighted by Gasteiger charge is -2.07. The quantitative estimate of drug-likeness (QED) is 0.890. The lowest BCUT2D eigenvalue weighted by molar-refractivity contribution is -0.116. The summed E-state index contributed by atoms with van der Waals surface area (Å²) < 4.78 is 0. The first-order valence-electron chi connectivity index (χ1n) is 7.19. The van der Waals surface area contributed by atoms with Crippen LogP contribution >= 0.6 is 0 Å². The van der Waals surface area contributed by atoms with Gasteiger partial charge in [-0.05, 0) is 36.8 Å². The Bertz CT molecular complexity index is 728. The van der Waals surface area contributed by atoms with Gasteiger partial charge in [-0.1, -0.05) is 29.8 Å². The lowest BCUT2D eigenvalue weighted by Crippen LogP contribution is -2.14. The molecule has 0 saturated carbocycles. The first-order chi connectivity index (χ1) is 11.1. The summed E-state index contributed by atoms with van der Waals surface area (Å²) in [6.07, 6.45) is 0.121.